The minimum Gasteiger partial charge on any atom is -0.462 e. The Balaban J connectivity index is 2.09. The highest BCUT2D eigenvalue weighted by Crippen LogP contribution is 2.30. The number of ether oxygens (including phenoxy) is 1. The lowest BCUT2D eigenvalue weighted by atomic mass is 10.0. The number of nitrogens with zero attached hydrogens (tertiary/aromatic N) is 2. The van der Waals surface area contributed by atoms with Crippen LogP contribution < -0.4 is 5.32 Å². The molecule has 0 aliphatic heterocycles. The number of hydrogen-bond donors (Lipinski definition) is 1. The van der Waals surface area contributed by atoms with Gasteiger partial charge in [0, 0.05) is 30.5 Å². The summed E-state index contributed by atoms with van der Waals surface area (Å²) in [5.74, 6) is -0.371. The minimum atomic E-state index is -0.371. The topological polar surface area (TPSA) is 64.1 Å². The van der Waals surface area contributed by atoms with E-state index in [1.165, 1.54) is 0 Å². The molecule has 128 valence electrons. The van der Waals surface area contributed by atoms with Crippen molar-refractivity contribution in [3.05, 3.63) is 65.1 Å². The van der Waals surface area contributed by atoms with Gasteiger partial charge in [-0.3, -0.25) is 9.97 Å². The standard InChI is InChI=1S/C20H21N3O2/c1-4-25-20(24)17-12-23-18-14(3)8-13(2)9-16(18)19(17)22-11-15-6-5-7-21-10-15/h5-10,12H,4,11H2,1-3H3,(H,22,23). The average Bonchev–Trinajstić information content (AvgIpc) is 2.60. The molecule has 0 unspecified atom stereocenters. The Bertz CT molecular complexity index is 908. The first-order valence-electron chi connectivity index (χ1n) is 8.30. The highest BCUT2D eigenvalue weighted by molar-refractivity contribution is 6.05. The van der Waals surface area contributed by atoms with Crippen LogP contribution in [-0.2, 0) is 11.3 Å². The van der Waals surface area contributed by atoms with Gasteiger partial charge in [-0.2, -0.15) is 0 Å². The Morgan fingerprint density at radius 3 is 2.80 bits per heavy atom. The predicted octanol–water partition coefficient (Wildman–Crippen LogP) is 4.04. The highest BCUT2D eigenvalue weighted by Gasteiger charge is 2.17. The normalized spacial score (nSPS) is 10.7. The summed E-state index contributed by atoms with van der Waals surface area (Å²) >= 11 is 0. The molecule has 1 aromatic carbocycles. The van der Waals surface area contributed by atoms with Gasteiger partial charge in [0.15, 0.2) is 0 Å². The second kappa shape index (κ2) is 7.30. The number of fused-ring (bicyclic) bond motifs is 1. The molecule has 1 N–H and O–H groups in total. The Hall–Kier alpha value is -2.95. The van der Waals surface area contributed by atoms with Crippen LogP contribution in [0.5, 0.6) is 0 Å². The lowest BCUT2D eigenvalue weighted by molar-refractivity contribution is 0.0527. The Morgan fingerprint density at radius 1 is 1.24 bits per heavy atom. The second-order valence-corrected chi connectivity index (χ2v) is 5.96. The number of carbonyl (C=O) groups excluding carboxylic acids is 1. The number of pyridine rings is 2. The van der Waals surface area contributed by atoms with Crippen molar-refractivity contribution in [2.45, 2.75) is 27.3 Å². The zero-order valence-corrected chi connectivity index (χ0v) is 14.7. The smallest absolute Gasteiger partial charge is 0.341 e. The Labute approximate surface area is 147 Å². The molecule has 5 nitrogen and oxygen atoms in total. The van der Waals surface area contributed by atoms with E-state index in [9.17, 15) is 4.79 Å². The summed E-state index contributed by atoms with van der Waals surface area (Å²) in [4.78, 5) is 21.0. The number of esters is 1. The second-order valence-electron chi connectivity index (χ2n) is 5.96. The molecule has 5 heteroatoms. The fourth-order valence-electron chi connectivity index (χ4n) is 2.91. The van der Waals surface area contributed by atoms with Crippen molar-refractivity contribution in [1.82, 2.24) is 9.97 Å². The van der Waals surface area contributed by atoms with Crippen molar-refractivity contribution < 1.29 is 9.53 Å². The molecule has 0 saturated carbocycles. The summed E-state index contributed by atoms with van der Waals surface area (Å²) in [7, 11) is 0. The molecule has 3 rings (SSSR count). The molecule has 3 aromatic rings. The third kappa shape index (κ3) is 3.60. The highest BCUT2D eigenvalue weighted by atomic mass is 16.5. The van der Waals surface area contributed by atoms with E-state index in [4.69, 9.17) is 4.74 Å². The van der Waals surface area contributed by atoms with Gasteiger partial charge in [0.25, 0.3) is 0 Å². The summed E-state index contributed by atoms with van der Waals surface area (Å²) in [6.07, 6.45) is 5.13. The Morgan fingerprint density at radius 2 is 2.08 bits per heavy atom. The van der Waals surface area contributed by atoms with Crippen LogP contribution in [0.3, 0.4) is 0 Å². The van der Waals surface area contributed by atoms with Gasteiger partial charge < -0.3 is 10.1 Å². The van der Waals surface area contributed by atoms with Crippen LogP contribution in [0.15, 0.2) is 42.9 Å². The molecule has 0 atom stereocenters. The van der Waals surface area contributed by atoms with E-state index in [2.05, 4.69) is 21.4 Å². The van der Waals surface area contributed by atoms with Crippen molar-refractivity contribution >= 4 is 22.6 Å². The SMILES string of the molecule is CCOC(=O)c1cnc2c(C)cc(C)cc2c1NCc1cccnc1. The van der Waals surface area contributed by atoms with Crippen molar-refractivity contribution in [2.75, 3.05) is 11.9 Å². The van der Waals surface area contributed by atoms with Crippen molar-refractivity contribution in [2.24, 2.45) is 0 Å². The number of hydrogen-bond acceptors (Lipinski definition) is 5. The minimum absolute atomic E-state index is 0.325. The maximum Gasteiger partial charge on any atom is 0.341 e. The van der Waals surface area contributed by atoms with Crippen LogP contribution in [0, 0.1) is 13.8 Å². The largest absolute Gasteiger partial charge is 0.462 e. The third-order valence-electron chi connectivity index (χ3n) is 3.99. The molecule has 2 aromatic heterocycles. The summed E-state index contributed by atoms with van der Waals surface area (Å²) in [5.41, 5.74) is 5.31. The number of aromatic nitrogens is 2. The number of anilines is 1. The zero-order chi connectivity index (χ0) is 17.8. The van der Waals surface area contributed by atoms with Gasteiger partial charge in [0.05, 0.1) is 17.8 Å². The number of aryl methyl sites for hydroxylation is 2. The molecule has 0 aliphatic carbocycles. The molecule has 0 amide bonds. The molecular weight excluding hydrogens is 314 g/mol. The first-order chi connectivity index (χ1) is 12.1. The summed E-state index contributed by atoms with van der Waals surface area (Å²) in [6, 6.07) is 8.01. The summed E-state index contributed by atoms with van der Waals surface area (Å²) in [5, 5.41) is 4.31. The van der Waals surface area contributed by atoms with Gasteiger partial charge in [-0.25, -0.2) is 4.79 Å². The van der Waals surface area contributed by atoms with Crippen LogP contribution in [0.25, 0.3) is 10.9 Å². The van der Waals surface area contributed by atoms with Gasteiger partial charge in [0.2, 0.25) is 0 Å². The van der Waals surface area contributed by atoms with Gasteiger partial charge in [0.1, 0.15) is 5.56 Å². The van der Waals surface area contributed by atoms with Gasteiger partial charge in [-0.15, -0.1) is 0 Å². The first-order valence-corrected chi connectivity index (χ1v) is 8.30. The quantitative estimate of drug-likeness (QED) is 0.713. The average molecular weight is 335 g/mol. The van der Waals surface area contributed by atoms with Crippen LogP contribution in [-0.4, -0.2) is 22.5 Å². The predicted molar refractivity (Wildman–Crippen MR) is 98.7 cm³/mol. The van der Waals surface area contributed by atoms with E-state index < -0.39 is 0 Å². The molecule has 0 aliphatic rings. The zero-order valence-electron chi connectivity index (χ0n) is 14.7. The number of carbonyl (C=O) groups is 1. The number of nitrogens with one attached hydrogen (secondary N) is 1. The van der Waals surface area contributed by atoms with Crippen molar-refractivity contribution in [1.29, 1.82) is 0 Å². The molecule has 0 bridgehead atoms. The molecule has 0 spiro atoms. The molecule has 0 radical (unpaired) electrons. The monoisotopic (exact) mass is 335 g/mol. The van der Waals surface area contributed by atoms with Gasteiger partial charge >= 0.3 is 5.97 Å². The third-order valence-corrected chi connectivity index (χ3v) is 3.99. The van der Waals surface area contributed by atoms with E-state index in [1.54, 1.807) is 25.5 Å². The number of rotatable bonds is 5. The van der Waals surface area contributed by atoms with E-state index in [1.807, 2.05) is 32.0 Å². The molecule has 0 fully saturated rings. The Kier molecular flexibility index (Phi) is 4.93. The lowest BCUT2D eigenvalue weighted by Crippen LogP contribution is -2.11. The van der Waals surface area contributed by atoms with Gasteiger partial charge in [-0.1, -0.05) is 17.7 Å². The summed E-state index contributed by atoms with van der Waals surface area (Å²) in [6.45, 7) is 6.74. The van der Waals surface area contributed by atoms with Crippen molar-refractivity contribution in [3.8, 4) is 0 Å². The number of benzene rings is 1. The van der Waals surface area contributed by atoms with Gasteiger partial charge in [-0.05, 0) is 44.0 Å². The first kappa shape index (κ1) is 16.9. The van der Waals surface area contributed by atoms with E-state index >= 15 is 0 Å². The van der Waals surface area contributed by atoms with Crippen LogP contribution >= 0.6 is 0 Å². The maximum absolute atomic E-state index is 12.4. The maximum atomic E-state index is 12.4. The molecular formula is C20H21N3O2. The van der Waals surface area contributed by atoms with E-state index in [0.29, 0.717) is 18.7 Å². The van der Waals surface area contributed by atoms with Crippen molar-refractivity contribution in [3.63, 3.8) is 0 Å². The van der Waals surface area contributed by atoms with Crippen LogP contribution in [0.4, 0.5) is 5.69 Å². The molecule has 25 heavy (non-hydrogen) atoms. The van der Waals surface area contributed by atoms with E-state index in [-0.39, 0.29) is 5.97 Å². The molecule has 2 heterocycles. The van der Waals surface area contributed by atoms with Crippen LogP contribution in [0.1, 0.15) is 34.0 Å². The lowest BCUT2D eigenvalue weighted by Gasteiger charge is -2.15. The van der Waals surface area contributed by atoms with E-state index in [0.717, 1.165) is 33.3 Å². The fraction of sp³-hybridized carbons (Fsp3) is 0.250. The molecule has 0 saturated heterocycles. The fourth-order valence-corrected chi connectivity index (χ4v) is 2.91. The summed E-state index contributed by atoms with van der Waals surface area (Å²) < 4.78 is 5.20. The van der Waals surface area contributed by atoms with Crippen LogP contribution in [0.2, 0.25) is 0 Å².